The first-order valence-electron chi connectivity index (χ1n) is 10.6. The lowest BCUT2D eigenvalue weighted by Crippen LogP contribution is -2.52. The minimum Gasteiger partial charge on any atom is -0.463 e. The molecular weight excluding hydrogens is 388 g/mol. The van der Waals surface area contributed by atoms with Gasteiger partial charge in [-0.25, -0.2) is 0 Å². The lowest BCUT2D eigenvalue weighted by atomic mass is 9.94. The van der Waals surface area contributed by atoms with Crippen LogP contribution in [0.4, 0.5) is 0 Å². The van der Waals surface area contributed by atoms with Gasteiger partial charge in [0.25, 0.3) is 0 Å². The van der Waals surface area contributed by atoms with Crippen LogP contribution in [-0.2, 0) is 23.9 Å². The molecule has 0 aliphatic heterocycles. The SMILES string of the molecule is C=CCCC(=O)OCC1(NC(=O)[C@H](CC=C)CC(=O)NCCOCCO)CCCC1. The Morgan fingerprint density at radius 2 is 1.87 bits per heavy atom. The van der Waals surface area contributed by atoms with Crippen molar-refractivity contribution in [1.82, 2.24) is 10.6 Å². The summed E-state index contributed by atoms with van der Waals surface area (Å²) in [4.78, 5) is 37.0. The van der Waals surface area contributed by atoms with Crippen LogP contribution in [0.1, 0.15) is 51.4 Å². The summed E-state index contributed by atoms with van der Waals surface area (Å²) in [7, 11) is 0. The maximum absolute atomic E-state index is 12.9. The fourth-order valence-corrected chi connectivity index (χ4v) is 3.44. The summed E-state index contributed by atoms with van der Waals surface area (Å²) in [5, 5.41) is 14.4. The summed E-state index contributed by atoms with van der Waals surface area (Å²) in [5.74, 6) is -1.33. The highest BCUT2D eigenvalue weighted by Gasteiger charge is 2.38. The molecule has 0 aromatic carbocycles. The van der Waals surface area contributed by atoms with Gasteiger partial charge in [-0.1, -0.05) is 25.0 Å². The molecule has 1 atom stereocenters. The van der Waals surface area contributed by atoms with E-state index in [0.29, 0.717) is 26.0 Å². The molecular formula is C22H36N2O6. The molecule has 3 N–H and O–H groups in total. The monoisotopic (exact) mass is 424 g/mol. The highest BCUT2D eigenvalue weighted by atomic mass is 16.5. The van der Waals surface area contributed by atoms with Gasteiger partial charge in [-0.15, -0.1) is 13.2 Å². The van der Waals surface area contributed by atoms with E-state index < -0.39 is 11.5 Å². The molecule has 8 nitrogen and oxygen atoms in total. The lowest BCUT2D eigenvalue weighted by molar-refractivity contribution is -0.147. The van der Waals surface area contributed by atoms with E-state index in [0.717, 1.165) is 25.7 Å². The predicted octanol–water partition coefficient (Wildman–Crippen LogP) is 1.63. The number of amides is 2. The van der Waals surface area contributed by atoms with Crippen LogP contribution in [0.3, 0.4) is 0 Å². The van der Waals surface area contributed by atoms with Crippen molar-refractivity contribution in [2.45, 2.75) is 56.9 Å². The van der Waals surface area contributed by atoms with E-state index in [-0.39, 0.29) is 50.4 Å². The Bertz CT molecular complexity index is 572. The molecule has 1 rings (SSSR count). The Hall–Kier alpha value is -2.19. The van der Waals surface area contributed by atoms with E-state index in [4.69, 9.17) is 14.6 Å². The summed E-state index contributed by atoms with van der Waals surface area (Å²) in [6, 6.07) is 0. The van der Waals surface area contributed by atoms with Crippen molar-refractivity contribution in [3.63, 3.8) is 0 Å². The molecule has 0 unspecified atom stereocenters. The molecule has 1 aliphatic rings. The normalized spacial score (nSPS) is 15.8. The van der Waals surface area contributed by atoms with E-state index in [9.17, 15) is 14.4 Å². The van der Waals surface area contributed by atoms with Gasteiger partial charge in [-0.05, 0) is 25.7 Å². The number of esters is 1. The average Bonchev–Trinajstić information content (AvgIpc) is 3.18. The summed E-state index contributed by atoms with van der Waals surface area (Å²) < 4.78 is 10.5. The Labute approximate surface area is 179 Å². The Balaban J connectivity index is 2.58. The van der Waals surface area contributed by atoms with E-state index in [2.05, 4.69) is 23.8 Å². The second kappa shape index (κ2) is 14.7. The molecule has 0 radical (unpaired) electrons. The summed E-state index contributed by atoms with van der Waals surface area (Å²) in [6.45, 7) is 8.19. The molecule has 1 fully saturated rings. The van der Waals surface area contributed by atoms with Gasteiger partial charge in [0.05, 0.1) is 31.3 Å². The van der Waals surface area contributed by atoms with Gasteiger partial charge in [-0.2, -0.15) is 0 Å². The van der Waals surface area contributed by atoms with Gasteiger partial charge in [-0.3, -0.25) is 14.4 Å². The topological polar surface area (TPSA) is 114 Å². The molecule has 30 heavy (non-hydrogen) atoms. The van der Waals surface area contributed by atoms with Crippen molar-refractivity contribution in [2.75, 3.05) is 33.0 Å². The number of nitrogens with one attached hydrogen (secondary N) is 2. The second-order valence-corrected chi connectivity index (χ2v) is 7.58. The Morgan fingerprint density at radius 3 is 2.50 bits per heavy atom. The fourth-order valence-electron chi connectivity index (χ4n) is 3.44. The average molecular weight is 425 g/mol. The molecule has 170 valence electrons. The maximum atomic E-state index is 12.9. The number of hydrogen-bond donors (Lipinski definition) is 3. The van der Waals surface area contributed by atoms with Gasteiger partial charge in [0.2, 0.25) is 11.8 Å². The molecule has 1 saturated carbocycles. The number of ether oxygens (including phenoxy) is 2. The van der Waals surface area contributed by atoms with Crippen LogP contribution < -0.4 is 10.6 Å². The molecule has 0 spiro atoms. The Morgan fingerprint density at radius 1 is 1.13 bits per heavy atom. The van der Waals surface area contributed by atoms with Crippen LogP contribution in [0.25, 0.3) is 0 Å². The van der Waals surface area contributed by atoms with Gasteiger partial charge >= 0.3 is 5.97 Å². The van der Waals surface area contributed by atoms with Gasteiger partial charge < -0.3 is 25.2 Å². The van der Waals surface area contributed by atoms with Crippen LogP contribution in [0.5, 0.6) is 0 Å². The third-order valence-electron chi connectivity index (χ3n) is 5.07. The van der Waals surface area contributed by atoms with Gasteiger partial charge in [0.15, 0.2) is 0 Å². The van der Waals surface area contributed by atoms with E-state index >= 15 is 0 Å². The third kappa shape index (κ3) is 10.0. The number of aliphatic hydroxyl groups is 1. The zero-order chi connectivity index (χ0) is 22.2. The minimum absolute atomic E-state index is 0.0348. The minimum atomic E-state index is -0.574. The summed E-state index contributed by atoms with van der Waals surface area (Å²) in [6.07, 6.45) is 7.90. The molecule has 8 heteroatoms. The third-order valence-corrected chi connectivity index (χ3v) is 5.07. The molecule has 2 amide bonds. The first-order valence-corrected chi connectivity index (χ1v) is 10.6. The molecule has 0 saturated heterocycles. The summed E-state index contributed by atoms with van der Waals surface area (Å²) >= 11 is 0. The standard InChI is InChI=1S/C22H36N2O6/c1-3-5-9-20(27)30-17-22(10-6-7-11-22)24-21(28)18(8-4-2)16-19(26)23-12-14-29-15-13-25/h3-4,18,25H,1-2,5-17H2,(H,23,26)(H,24,28)/t18-/m1/s1. The molecule has 0 aromatic heterocycles. The number of hydrogen-bond acceptors (Lipinski definition) is 6. The zero-order valence-corrected chi connectivity index (χ0v) is 17.8. The van der Waals surface area contributed by atoms with E-state index in [1.54, 1.807) is 12.2 Å². The van der Waals surface area contributed by atoms with Gasteiger partial charge in [0, 0.05) is 19.4 Å². The van der Waals surface area contributed by atoms with Crippen LogP contribution in [0.15, 0.2) is 25.3 Å². The zero-order valence-electron chi connectivity index (χ0n) is 17.8. The number of carbonyl (C=O) groups excluding carboxylic acids is 3. The highest BCUT2D eigenvalue weighted by Crippen LogP contribution is 2.31. The summed E-state index contributed by atoms with van der Waals surface area (Å²) in [5.41, 5.74) is -0.574. The van der Waals surface area contributed by atoms with Crippen molar-refractivity contribution >= 4 is 17.8 Å². The molecule has 0 heterocycles. The van der Waals surface area contributed by atoms with Crippen molar-refractivity contribution in [1.29, 1.82) is 0 Å². The predicted molar refractivity (Wildman–Crippen MR) is 114 cm³/mol. The Kier molecular flexibility index (Phi) is 12.7. The first kappa shape index (κ1) is 25.8. The number of carbonyl (C=O) groups is 3. The molecule has 1 aliphatic carbocycles. The van der Waals surface area contributed by atoms with Gasteiger partial charge in [0.1, 0.15) is 6.61 Å². The van der Waals surface area contributed by atoms with E-state index in [1.165, 1.54) is 0 Å². The highest BCUT2D eigenvalue weighted by molar-refractivity contribution is 5.86. The van der Waals surface area contributed by atoms with Crippen molar-refractivity contribution in [3.05, 3.63) is 25.3 Å². The smallest absolute Gasteiger partial charge is 0.306 e. The number of rotatable bonds is 16. The molecule has 0 bridgehead atoms. The maximum Gasteiger partial charge on any atom is 0.306 e. The number of allylic oxidation sites excluding steroid dienone is 2. The molecule has 0 aromatic rings. The van der Waals surface area contributed by atoms with Crippen molar-refractivity contribution in [3.8, 4) is 0 Å². The van der Waals surface area contributed by atoms with Crippen LogP contribution >= 0.6 is 0 Å². The van der Waals surface area contributed by atoms with Crippen molar-refractivity contribution in [2.24, 2.45) is 5.92 Å². The fraction of sp³-hybridized carbons (Fsp3) is 0.682. The van der Waals surface area contributed by atoms with Crippen LogP contribution in [0.2, 0.25) is 0 Å². The second-order valence-electron chi connectivity index (χ2n) is 7.58. The lowest BCUT2D eigenvalue weighted by Gasteiger charge is -2.31. The van der Waals surface area contributed by atoms with E-state index in [1.807, 2.05) is 0 Å². The first-order chi connectivity index (χ1) is 14.5. The number of aliphatic hydroxyl groups excluding tert-OH is 1. The van der Waals surface area contributed by atoms with Crippen molar-refractivity contribution < 1.29 is 29.0 Å². The van der Waals surface area contributed by atoms with Crippen LogP contribution in [0, 0.1) is 5.92 Å². The van der Waals surface area contributed by atoms with Crippen LogP contribution in [-0.4, -0.2) is 61.4 Å². The largest absolute Gasteiger partial charge is 0.463 e. The quantitative estimate of drug-likeness (QED) is 0.197.